The van der Waals surface area contributed by atoms with Gasteiger partial charge < -0.3 is 14.8 Å². The molecule has 23 heavy (non-hydrogen) atoms. The largest absolute Gasteiger partial charge is 0.495 e. The second-order valence-electron chi connectivity index (χ2n) is 4.22. The van der Waals surface area contributed by atoms with Crippen molar-refractivity contribution in [3.8, 4) is 11.6 Å². The number of aromatic amines is 1. The average molecular weight is 541 g/mol. The Morgan fingerprint density at radius 1 is 1.39 bits per heavy atom. The van der Waals surface area contributed by atoms with E-state index < -0.39 is 22.0 Å². The van der Waals surface area contributed by atoms with Gasteiger partial charge in [-0.2, -0.15) is 4.98 Å². The molecule has 0 aliphatic rings. The maximum atomic E-state index is 11.6. The summed E-state index contributed by atoms with van der Waals surface area (Å²) >= 11 is 4.29. The minimum Gasteiger partial charge on any atom is -0.495 e. The monoisotopic (exact) mass is 541 g/mol. The molecule has 2 aromatic rings. The number of nitrogens with zero attached hydrogens (tertiary/aromatic N) is 2. The lowest BCUT2D eigenvalue weighted by atomic mass is 10.2. The second-order valence-corrected chi connectivity index (χ2v) is 6.63. The highest BCUT2D eigenvalue weighted by Crippen LogP contribution is 2.29. The van der Waals surface area contributed by atoms with Crippen LogP contribution in [0.5, 0.6) is 11.6 Å². The minimum atomic E-state index is -1.02. The van der Waals surface area contributed by atoms with Crippen molar-refractivity contribution in [3.63, 3.8) is 0 Å². The quantitative estimate of drug-likeness (QED) is 0.350. The predicted molar refractivity (Wildman–Crippen MR) is 101 cm³/mol. The minimum absolute atomic E-state index is 0.00553. The molecule has 0 atom stereocenters. The van der Waals surface area contributed by atoms with E-state index in [-0.39, 0.29) is 5.82 Å². The van der Waals surface area contributed by atoms with Crippen LogP contribution >= 0.6 is 45.2 Å². The maximum Gasteiger partial charge on any atom is 0.395 e. The predicted octanol–water partition coefficient (Wildman–Crippen LogP) is 2.77. The number of ether oxygens (including phenoxy) is 1. The molecule has 2 N–H and O–H groups in total. The molecule has 0 unspecified atom stereocenters. The standard InChI is InChI=1S/C13H9I2N3O5/c1-23-11-6(4-7(14)5-8(11)15)2-3-9-16-12(19)10(18(21)22)13(20)17-9/h2-5H,1H3,(H2,16,17,19,20)/b3-2-. The molecule has 120 valence electrons. The third-order valence-electron chi connectivity index (χ3n) is 2.74. The zero-order valence-corrected chi connectivity index (χ0v) is 15.9. The van der Waals surface area contributed by atoms with Crippen LogP contribution in [0.3, 0.4) is 0 Å². The van der Waals surface area contributed by atoms with E-state index in [9.17, 15) is 20.0 Å². The third-order valence-corrected chi connectivity index (χ3v) is 4.16. The van der Waals surface area contributed by atoms with Gasteiger partial charge in [0.1, 0.15) is 11.6 Å². The molecule has 0 fully saturated rings. The van der Waals surface area contributed by atoms with E-state index in [4.69, 9.17) is 4.74 Å². The lowest BCUT2D eigenvalue weighted by Gasteiger charge is -2.08. The fourth-order valence-electron chi connectivity index (χ4n) is 1.80. The summed E-state index contributed by atoms with van der Waals surface area (Å²) in [6, 6.07) is 3.80. The molecule has 1 heterocycles. The van der Waals surface area contributed by atoms with Crippen molar-refractivity contribution in [1.29, 1.82) is 0 Å². The molecule has 0 radical (unpaired) electrons. The summed E-state index contributed by atoms with van der Waals surface area (Å²) in [5, 5.41) is 20.1. The lowest BCUT2D eigenvalue weighted by Crippen LogP contribution is -2.14. The number of nitro groups is 1. The van der Waals surface area contributed by atoms with E-state index in [0.717, 1.165) is 12.7 Å². The van der Waals surface area contributed by atoms with E-state index in [1.807, 2.05) is 12.1 Å². The van der Waals surface area contributed by atoms with Crippen LogP contribution in [0.1, 0.15) is 11.4 Å². The fourth-order valence-corrected chi connectivity index (χ4v) is 3.91. The van der Waals surface area contributed by atoms with Gasteiger partial charge in [0.2, 0.25) is 0 Å². The highest BCUT2D eigenvalue weighted by atomic mass is 127. The number of halogens is 2. The maximum absolute atomic E-state index is 11.6. The van der Waals surface area contributed by atoms with E-state index in [1.54, 1.807) is 13.2 Å². The van der Waals surface area contributed by atoms with Gasteiger partial charge >= 0.3 is 11.2 Å². The zero-order valence-electron chi connectivity index (χ0n) is 11.5. The van der Waals surface area contributed by atoms with Gasteiger partial charge in [-0.25, -0.2) is 0 Å². The fraction of sp³-hybridized carbons (Fsp3) is 0.0769. The van der Waals surface area contributed by atoms with E-state index >= 15 is 0 Å². The number of aromatic hydroxyl groups is 1. The Kier molecular flexibility index (Phi) is 5.56. The summed E-state index contributed by atoms with van der Waals surface area (Å²) in [5.41, 5.74) is -1.26. The van der Waals surface area contributed by atoms with Crippen LogP contribution in [-0.4, -0.2) is 27.1 Å². The van der Waals surface area contributed by atoms with Crippen LogP contribution in [0, 0.1) is 17.3 Å². The van der Waals surface area contributed by atoms with Crippen molar-refractivity contribution in [2.24, 2.45) is 0 Å². The van der Waals surface area contributed by atoms with Crippen molar-refractivity contribution >= 4 is 63.0 Å². The first kappa shape index (κ1) is 17.7. The van der Waals surface area contributed by atoms with Crippen molar-refractivity contribution < 1.29 is 14.8 Å². The summed E-state index contributed by atoms with van der Waals surface area (Å²) in [4.78, 5) is 27.1. The molecule has 2 rings (SSSR count). The van der Waals surface area contributed by atoms with Crippen LogP contribution in [0.2, 0.25) is 0 Å². The lowest BCUT2D eigenvalue weighted by molar-refractivity contribution is -0.387. The normalized spacial score (nSPS) is 10.9. The van der Waals surface area contributed by atoms with Gasteiger partial charge in [-0.15, -0.1) is 0 Å². The molecule has 8 nitrogen and oxygen atoms in total. The molecule has 10 heteroatoms. The second kappa shape index (κ2) is 7.25. The van der Waals surface area contributed by atoms with Gasteiger partial charge in [0.15, 0.2) is 0 Å². The van der Waals surface area contributed by atoms with E-state index in [1.165, 1.54) is 6.08 Å². The smallest absolute Gasteiger partial charge is 0.395 e. The molecule has 0 saturated carbocycles. The Bertz CT molecular complexity index is 863. The highest BCUT2D eigenvalue weighted by molar-refractivity contribution is 14.1. The Morgan fingerprint density at radius 2 is 2.09 bits per heavy atom. The number of rotatable bonds is 4. The summed E-state index contributed by atoms with van der Waals surface area (Å²) < 4.78 is 7.22. The Balaban J connectivity index is 2.46. The SMILES string of the molecule is COc1c(I)cc(I)cc1/C=C\c1nc(O)c([N+](=O)[O-])c(=O)[nH]1. The number of hydrogen-bond donors (Lipinski definition) is 2. The molecule has 1 aromatic carbocycles. The molecule has 0 spiro atoms. The summed E-state index contributed by atoms with van der Waals surface area (Å²) in [6.07, 6.45) is 3.06. The first-order valence-electron chi connectivity index (χ1n) is 6.02. The Morgan fingerprint density at radius 3 is 2.65 bits per heavy atom. The van der Waals surface area contributed by atoms with Crippen LogP contribution in [0.4, 0.5) is 5.69 Å². The average Bonchev–Trinajstić information content (AvgIpc) is 2.43. The number of methoxy groups -OCH3 is 1. The van der Waals surface area contributed by atoms with Crippen molar-refractivity contribution in [3.05, 3.63) is 51.1 Å². The number of nitrogens with one attached hydrogen (secondary N) is 1. The van der Waals surface area contributed by atoms with Crippen LogP contribution in [-0.2, 0) is 0 Å². The summed E-state index contributed by atoms with van der Waals surface area (Å²) in [7, 11) is 1.54. The van der Waals surface area contributed by atoms with Crippen molar-refractivity contribution in [2.75, 3.05) is 7.11 Å². The van der Waals surface area contributed by atoms with Gasteiger partial charge in [-0.05, 0) is 69.5 Å². The van der Waals surface area contributed by atoms with Gasteiger partial charge in [-0.3, -0.25) is 14.9 Å². The highest BCUT2D eigenvalue weighted by Gasteiger charge is 2.21. The molecule has 0 aliphatic heterocycles. The zero-order chi connectivity index (χ0) is 17.1. The number of benzene rings is 1. The van der Waals surface area contributed by atoms with E-state index in [2.05, 4.69) is 55.1 Å². The number of hydrogen-bond acceptors (Lipinski definition) is 6. The van der Waals surface area contributed by atoms with Crippen LogP contribution < -0.4 is 10.3 Å². The molecule has 0 bridgehead atoms. The van der Waals surface area contributed by atoms with Crippen molar-refractivity contribution in [1.82, 2.24) is 9.97 Å². The van der Waals surface area contributed by atoms with Gasteiger partial charge in [0.05, 0.1) is 15.6 Å². The number of aromatic nitrogens is 2. The molecule has 0 amide bonds. The van der Waals surface area contributed by atoms with Gasteiger partial charge in [-0.1, -0.05) is 0 Å². The van der Waals surface area contributed by atoms with Gasteiger partial charge in [0, 0.05) is 9.13 Å². The van der Waals surface area contributed by atoms with E-state index in [0.29, 0.717) is 5.75 Å². The summed E-state index contributed by atoms with van der Waals surface area (Å²) in [5.74, 6) is -0.285. The first-order valence-corrected chi connectivity index (χ1v) is 8.18. The summed E-state index contributed by atoms with van der Waals surface area (Å²) in [6.45, 7) is 0. The number of H-pyrrole nitrogens is 1. The van der Waals surface area contributed by atoms with Crippen LogP contribution in [0.25, 0.3) is 12.2 Å². The molecule has 0 saturated heterocycles. The Hall–Kier alpha value is -1.70. The first-order chi connectivity index (χ1) is 10.8. The van der Waals surface area contributed by atoms with Gasteiger partial charge in [0.25, 0.3) is 5.88 Å². The third kappa shape index (κ3) is 3.99. The molecule has 1 aromatic heterocycles. The molecule has 0 aliphatic carbocycles. The van der Waals surface area contributed by atoms with Crippen molar-refractivity contribution in [2.45, 2.75) is 0 Å². The molecular weight excluding hydrogens is 532 g/mol. The topological polar surface area (TPSA) is 118 Å². The Labute approximate surface area is 157 Å². The van der Waals surface area contributed by atoms with Crippen LogP contribution in [0.15, 0.2) is 16.9 Å². The molecular formula is C13H9I2N3O5.